The molecule has 4 heterocycles. The number of aliphatic hydroxyl groups excluding tert-OH is 1. The second-order valence-electron chi connectivity index (χ2n) is 8.49. The fourth-order valence-electron chi connectivity index (χ4n) is 4.29. The monoisotopic (exact) mass is 464 g/mol. The first-order valence-corrected chi connectivity index (χ1v) is 11.4. The number of guanidine groups is 1. The molecule has 1 saturated heterocycles. The number of rotatable bonds is 7. The van der Waals surface area contributed by atoms with E-state index >= 15 is 0 Å². The first-order valence-electron chi connectivity index (χ1n) is 11.4. The number of aromatic nitrogens is 1. The van der Waals surface area contributed by atoms with Gasteiger partial charge in [0.1, 0.15) is 24.2 Å². The number of hydrogen-bond donors (Lipinski definition) is 2. The van der Waals surface area contributed by atoms with Crippen molar-refractivity contribution in [1.29, 1.82) is 0 Å². The van der Waals surface area contributed by atoms with Gasteiger partial charge in [-0.2, -0.15) is 0 Å². The van der Waals surface area contributed by atoms with Crippen molar-refractivity contribution in [3.63, 3.8) is 0 Å². The Hall–Kier alpha value is -3.50. The molecule has 1 atom stereocenters. The Kier molecular flexibility index (Phi) is 6.16. The Balaban J connectivity index is 1.42. The fourth-order valence-corrected chi connectivity index (χ4v) is 4.29. The third-order valence-electron chi connectivity index (χ3n) is 6.18. The summed E-state index contributed by atoms with van der Waals surface area (Å²) in [6.07, 6.45) is 2.22. The summed E-state index contributed by atoms with van der Waals surface area (Å²) >= 11 is 0. The van der Waals surface area contributed by atoms with Crippen LogP contribution < -0.4 is 14.8 Å². The number of likely N-dealkylation sites (tertiary alicyclic amines) is 1. The minimum atomic E-state index is -0.600. The van der Waals surface area contributed by atoms with Gasteiger partial charge in [0.25, 0.3) is 5.91 Å². The predicted molar refractivity (Wildman–Crippen MR) is 127 cm³/mol. The zero-order valence-electron chi connectivity index (χ0n) is 19.3. The van der Waals surface area contributed by atoms with Gasteiger partial charge in [0.15, 0.2) is 11.5 Å². The Bertz CT molecular complexity index is 1160. The van der Waals surface area contributed by atoms with Crippen molar-refractivity contribution in [1.82, 2.24) is 20.1 Å². The van der Waals surface area contributed by atoms with E-state index in [4.69, 9.17) is 14.5 Å². The molecule has 10 nitrogen and oxygen atoms in total. The zero-order valence-corrected chi connectivity index (χ0v) is 19.3. The number of nitrogens with zero attached hydrogens (tertiary/aromatic N) is 5. The number of amides is 1. The largest absolute Gasteiger partial charge is 0.491 e. The molecule has 3 aliphatic rings. The van der Waals surface area contributed by atoms with E-state index in [-0.39, 0.29) is 12.5 Å². The molecule has 0 aliphatic carbocycles. The molecular formula is C24H28N6O4. The molecule has 2 N–H and O–H groups in total. The summed E-state index contributed by atoms with van der Waals surface area (Å²) in [4.78, 5) is 30.6. The highest BCUT2D eigenvalue weighted by molar-refractivity contribution is 6.20. The summed E-state index contributed by atoms with van der Waals surface area (Å²) in [6.45, 7) is 5.76. The van der Waals surface area contributed by atoms with Crippen molar-refractivity contribution in [3.05, 3.63) is 47.3 Å². The van der Waals surface area contributed by atoms with Crippen LogP contribution in [0.5, 0.6) is 11.5 Å². The van der Waals surface area contributed by atoms with Crippen molar-refractivity contribution in [3.8, 4) is 11.5 Å². The van der Waals surface area contributed by atoms with Gasteiger partial charge in [0.05, 0.1) is 19.2 Å². The lowest BCUT2D eigenvalue weighted by molar-refractivity contribution is 0.0460. The Labute approximate surface area is 197 Å². The Morgan fingerprint density at radius 2 is 2.12 bits per heavy atom. The van der Waals surface area contributed by atoms with Gasteiger partial charge in [0, 0.05) is 30.5 Å². The average molecular weight is 465 g/mol. The molecule has 10 heteroatoms. The van der Waals surface area contributed by atoms with E-state index in [2.05, 4.69) is 20.2 Å². The lowest BCUT2D eigenvalue weighted by Crippen LogP contribution is -2.47. The topological polar surface area (TPSA) is 112 Å². The molecule has 178 valence electrons. The molecule has 2 aromatic rings. The van der Waals surface area contributed by atoms with E-state index in [1.54, 1.807) is 32.4 Å². The zero-order chi connectivity index (χ0) is 23.7. The van der Waals surface area contributed by atoms with E-state index in [0.29, 0.717) is 54.0 Å². The van der Waals surface area contributed by atoms with Crippen molar-refractivity contribution in [2.75, 3.05) is 46.4 Å². The second-order valence-corrected chi connectivity index (χ2v) is 8.49. The number of aryl methyl sites for hydroxylation is 1. The quantitative estimate of drug-likeness (QED) is 0.636. The third-order valence-corrected chi connectivity index (χ3v) is 6.18. The number of carbonyl (C=O) groups is 1. The van der Waals surface area contributed by atoms with E-state index in [1.807, 2.05) is 17.0 Å². The number of amidine groups is 1. The number of methoxy groups -OCH3 is 1. The molecule has 0 spiro atoms. The minimum absolute atomic E-state index is 0.145. The molecule has 5 rings (SSSR count). The smallest absolute Gasteiger partial charge is 0.259 e. The number of nitrogens with one attached hydrogen (secondary N) is 1. The minimum Gasteiger partial charge on any atom is -0.491 e. The van der Waals surface area contributed by atoms with Crippen LogP contribution in [0.1, 0.15) is 28.0 Å². The molecule has 3 aliphatic heterocycles. The number of carbonyl (C=O) groups excluding carboxylic acids is 1. The molecule has 1 aromatic carbocycles. The number of ether oxygens (including phenoxy) is 2. The molecule has 0 saturated carbocycles. The number of benzene rings is 1. The van der Waals surface area contributed by atoms with Crippen LogP contribution >= 0.6 is 0 Å². The molecular weight excluding hydrogens is 436 g/mol. The number of pyridine rings is 1. The van der Waals surface area contributed by atoms with Crippen LogP contribution in [0.15, 0.2) is 40.4 Å². The first kappa shape index (κ1) is 22.3. The van der Waals surface area contributed by atoms with E-state index < -0.39 is 6.10 Å². The van der Waals surface area contributed by atoms with Crippen molar-refractivity contribution in [2.24, 2.45) is 9.98 Å². The standard InChI is InChI=1S/C24H28N6O4/c1-15-17(5-3-8-25-15)23(32)28-24-27-20-18(22-26-9-12-30(22)24)6-7-19(21(20)33-2)34-14-16(31)13-29-10-4-11-29/h3,5-8,16,31H,4,9-14H2,1-2H3,(H,27,28,32)/t16-/m0/s1. The summed E-state index contributed by atoms with van der Waals surface area (Å²) in [6, 6.07) is 7.16. The molecule has 34 heavy (non-hydrogen) atoms. The van der Waals surface area contributed by atoms with Gasteiger partial charge < -0.3 is 19.5 Å². The van der Waals surface area contributed by atoms with Gasteiger partial charge in [-0.1, -0.05) is 0 Å². The molecule has 1 aromatic heterocycles. The molecule has 0 unspecified atom stereocenters. The molecule has 1 amide bonds. The average Bonchev–Trinajstić information content (AvgIpc) is 3.30. The van der Waals surface area contributed by atoms with Gasteiger partial charge in [-0.3, -0.25) is 25.0 Å². The fraction of sp³-hybridized carbons (Fsp3) is 0.417. The third kappa shape index (κ3) is 4.22. The normalized spacial score (nSPS) is 17.7. The number of aliphatic imine (C=N–C) groups is 2. The summed E-state index contributed by atoms with van der Waals surface area (Å²) in [7, 11) is 1.55. The van der Waals surface area contributed by atoms with Gasteiger partial charge in [0.2, 0.25) is 5.96 Å². The highest BCUT2D eigenvalue weighted by Gasteiger charge is 2.33. The summed E-state index contributed by atoms with van der Waals surface area (Å²) in [5.41, 5.74) is 2.46. The van der Waals surface area contributed by atoms with E-state index in [9.17, 15) is 9.90 Å². The lowest BCUT2D eigenvalue weighted by atomic mass is 10.1. The van der Waals surface area contributed by atoms with Crippen LogP contribution in [-0.4, -0.2) is 90.1 Å². The highest BCUT2D eigenvalue weighted by atomic mass is 16.5. The van der Waals surface area contributed by atoms with Crippen LogP contribution in [0.4, 0.5) is 5.69 Å². The SMILES string of the molecule is COc1c(OC[C@@H](O)CN2CCC2)ccc2c1N=C(NC(=O)c1cccnc1C)N1CCN=C21. The summed E-state index contributed by atoms with van der Waals surface area (Å²) in [5, 5.41) is 13.2. The van der Waals surface area contributed by atoms with Gasteiger partial charge in [-0.15, -0.1) is 0 Å². The van der Waals surface area contributed by atoms with Gasteiger partial charge in [-0.05, 0) is 50.7 Å². The second kappa shape index (κ2) is 9.40. The number of fused-ring (bicyclic) bond motifs is 3. The lowest BCUT2D eigenvalue weighted by Gasteiger charge is -2.32. The maximum absolute atomic E-state index is 13.0. The first-order chi connectivity index (χ1) is 16.5. The van der Waals surface area contributed by atoms with Crippen LogP contribution in [0.25, 0.3) is 0 Å². The van der Waals surface area contributed by atoms with Gasteiger partial charge >= 0.3 is 0 Å². The van der Waals surface area contributed by atoms with Crippen molar-refractivity contribution >= 4 is 23.4 Å². The molecule has 0 bridgehead atoms. The van der Waals surface area contributed by atoms with Crippen LogP contribution in [-0.2, 0) is 0 Å². The van der Waals surface area contributed by atoms with E-state index in [0.717, 1.165) is 24.5 Å². The van der Waals surface area contributed by atoms with Gasteiger partial charge in [-0.25, -0.2) is 4.99 Å². The highest BCUT2D eigenvalue weighted by Crippen LogP contribution is 2.43. The Morgan fingerprint density at radius 1 is 1.26 bits per heavy atom. The van der Waals surface area contributed by atoms with Crippen LogP contribution in [0, 0.1) is 6.92 Å². The predicted octanol–water partition coefficient (Wildman–Crippen LogP) is 1.34. The maximum Gasteiger partial charge on any atom is 0.259 e. The summed E-state index contributed by atoms with van der Waals surface area (Å²) < 4.78 is 11.6. The van der Waals surface area contributed by atoms with Crippen molar-refractivity contribution < 1.29 is 19.4 Å². The number of hydrogen-bond acceptors (Lipinski definition) is 9. The number of aliphatic hydroxyl groups is 1. The molecule has 1 fully saturated rings. The van der Waals surface area contributed by atoms with Crippen LogP contribution in [0.2, 0.25) is 0 Å². The summed E-state index contributed by atoms with van der Waals surface area (Å²) in [5.74, 6) is 1.73. The van der Waals surface area contributed by atoms with E-state index in [1.165, 1.54) is 6.42 Å². The Morgan fingerprint density at radius 3 is 2.85 bits per heavy atom. The maximum atomic E-state index is 13.0. The van der Waals surface area contributed by atoms with Crippen LogP contribution in [0.3, 0.4) is 0 Å². The molecule has 0 radical (unpaired) electrons. The number of β-amino-alcohol motifs (C(OH)–C–C–N with tert-alkyl or cyclic N) is 1. The van der Waals surface area contributed by atoms with Crippen molar-refractivity contribution in [2.45, 2.75) is 19.4 Å².